The molecule has 2 aliphatic rings. The predicted octanol–water partition coefficient (Wildman–Crippen LogP) is 2.76. The molecule has 2 aliphatic heterocycles. The van der Waals surface area contributed by atoms with E-state index in [-0.39, 0.29) is 0 Å². The summed E-state index contributed by atoms with van der Waals surface area (Å²) in [5, 5.41) is 3.57. The largest absolute Gasteiger partial charge is 0.497 e. The van der Waals surface area contributed by atoms with Gasteiger partial charge in [-0.15, -0.1) is 0 Å². The minimum atomic E-state index is 0.457. The quantitative estimate of drug-likeness (QED) is 0.898. The van der Waals surface area contributed by atoms with Gasteiger partial charge in [0.25, 0.3) is 0 Å². The van der Waals surface area contributed by atoms with E-state index in [4.69, 9.17) is 4.74 Å². The van der Waals surface area contributed by atoms with Crippen LogP contribution < -0.4 is 10.1 Å². The molecule has 2 heterocycles. The number of ether oxygens (including phenoxy) is 1. The van der Waals surface area contributed by atoms with Crippen molar-refractivity contribution < 1.29 is 4.74 Å². The summed E-state index contributed by atoms with van der Waals surface area (Å²) in [5.41, 5.74) is 1.39. The second-order valence-corrected chi connectivity index (χ2v) is 7.63. The molecule has 2 unspecified atom stereocenters. The fourth-order valence-corrected chi connectivity index (χ4v) is 4.01. The van der Waals surface area contributed by atoms with E-state index in [9.17, 15) is 0 Å². The first-order valence-electron chi connectivity index (χ1n) is 9.49. The average Bonchev–Trinajstić information content (AvgIpc) is 2.61. The molecular formula is C20H33N3O. The molecule has 3 rings (SSSR count). The Labute approximate surface area is 147 Å². The van der Waals surface area contributed by atoms with Crippen molar-refractivity contribution in [3.8, 4) is 5.75 Å². The fourth-order valence-electron chi connectivity index (χ4n) is 4.01. The molecule has 0 aliphatic carbocycles. The molecule has 0 aromatic heterocycles. The molecule has 1 aromatic rings. The summed E-state index contributed by atoms with van der Waals surface area (Å²) in [5.74, 6) is 1.85. The molecule has 24 heavy (non-hydrogen) atoms. The van der Waals surface area contributed by atoms with Crippen LogP contribution in [0.4, 0.5) is 0 Å². The van der Waals surface area contributed by atoms with Crippen molar-refractivity contribution in [2.24, 2.45) is 5.92 Å². The van der Waals surface area contributed by atoms with Crippen molar-refractivity contribution in [1.29, 1.82) is 0 Å². The second kappa shape index (κ2) is 8.32. The minimum absolute atomic E-state index is 0.457. The van der Waals surface area contributed by atoms with Crippen molar-refractivity contribution in [2.45, 2.75) is 38.8 Å². The number of nitrogens with zero attached hydrogens (tertiary/aromatic N) is 2. The van der Waals surface area contributed by atoms with Crippen LogP contribution in [0.25, 0.3) is 0 Å². The zero-order valence-corrected chi connectivity index (χ0v) is 15.5. The third-order valence-electron chi connectivity index (χ3n) is 5.63. The molecule has 4 nitrogen and oxygen atoms in total. The van der Waals surface area contributed by atoms with Gasteiger partial charge in [0.2, 0.25) is 0 Å². The maximum atomic E-state index is 5.47. The summed E-state index contributed by atoms with van der Waals surface area (Å²) in [4.78, 5) is 5.32. The molecule has 1 N–H and O–H groups in total. The Morgan fingerprint density at radius 1 is 1.21 bits per heavy atom. The number of piperidine rings is 1. The lowest BCUT2D eigenvalue weighted by Gasteiger charge is -2.41. The molecule has 2 fully saturated rings. The lowest BCUT2D eigenvalue weighted by atomic mass is 9.97. The van der Waals surface area contributed by atoms with E-state index in [0.717, 1.165) is 37.8 Å². The molecule has 2 atom stereocenters. The molecule has 0 amide bonds. The standard InChI is InChI=1S/C20H33N3O/c1-16-7-10-22(11-8-16)15-20(23-12-9-21-17(2)14-23)18-5-4-6-19(13-18)24-3/h4-6,13,16-17,20-21H,7-12,14-15H2,1-3H3. The van der Waals surface area contributed by atoms with Crippen molar-refractivity contribution in [1.82, 2.24) is 15.1 Å². The summed E-state index contributed by atoms with van der Waals surface area (Å²) in [7, 11) is 1.76. The molecule has 0 radical (unpaired) electrons. The number of piperazine rings is 1. The zero-order valence-electron chi connectivity index (χ0n) is 15.5. The van der Waals surface area contributed by atoms with Gasteiger partial charge in [-0.2, -0.15) is 0 Å². The Morgan fingerprint density at radius 2 is 2.00 bits per heavy atom. The van der Waals surface area contributed by atoms with Gasteiger partial charge in [0, 0.05) is 38.3 Å². The van der Waals surface area contributed by atoms with Gasteiger partial charge in [0.15, 0.2) is 0 Å². The number of rotatable bonds is 5. The molecule has 2 saturated heterocycles. The van der Waals surface area contributed by atoms with Gasteiger partial charge < -0.3 is 15.0 Å². The monoisotopic (exact) mass is 331 g/mol. The first-order chi connectivity index (χ1) is 11.7. The van der Waals surface area contributed by atoms with Crippen LogP contribution in [0, 0.1) is 5.92 Å². The summed E-state index contributed by atoms with van der Waals surface area (Å²) < 4.78 is 5.47. The Morgan fingerprint density at radius 3 is 2.71 bits per heavy atom. The molecule has 0 saturated carbocycles. The number of hydrogen-bond donors (Lipinski definition) is 1. The van der Waals surface area contributed by atoms with Gasteiger partial charge in [-0.05, 0) is 56.5 Å². The number of hydrogen-bond acceptors (Lipinski definition) is 4. The van der Waals surface area contributed by atoms with E-state index in [1.54, 1.807) is 7.11 Å². The molecule has 4 heteroatoms. The SMILES string of the molecule is COc1cccc(C(CN2CCC(C)CC2)N2CCNC(C)C2)c1. The van der Waals surface area contributed by atoms with E-state index >= 15 is 0 Å². The van der Waals surface area contributed by atoms with E-state index in [2.05, 4.69) is 47.2 Å². The van der Waals surface area contributed by atoms with Gasteiger partial charge in [0.1, 0.15) is 5.75 Å². The lowest BCUT2D eigenvalue weighted by Crippen LogP contribution is -2.52. The van der Waals surface area contributed by atoms with Gasteiger partial charge in [0.05, 0.1) is 7.11 Å². The van der Waals surface area contributed by atoms with Crippen LogP contribution in [0.3, 0.4) is 0 Å². The highest BCUT2D eigenvalue weighted by Gasteiger charge is 2.28. The summed E-state index contributed by atoms with van der Waals surface area (Å²) in [6, 6.07) is 9.69. The summed E-state index contributed by atoms with van der Waals surface area (Å²) >= 11 is 0. The van der Waals surface area contributed by atoms with E-state index < -0.39 is 0 Å². The lowest BCUT2D eigenvalue weighted by molar-refractivity contribution is 0.0927. The van der Waals surface area contributed by atoms with Crippen LogP contribution in [0.2, 0.25) is 0 Å². The normalized spacial score (nSPS) is 25.5. The fraction of sp³-hybridized carbons (Fsp3) is 0.700. The third kappa shape index (κ3) is 4.50. The van der Waals surface area contributed by atoms with E-state index in [0.29, 0.717) is 12.1 Å². The van der Waals surface area contributed by atoms with Gasteiger partial charge in [-0.3, -0.25) is 4.90 Å². The van der Waals surface area contributed by atoms with Crippen LogP contribution in [0.5, 0.6) is 5.75 Å². The molecular weight excluding hydrogens is 298 g/mol. The zero-order chi connectivity index (χ0) is 16.9. The molecule has 1 aromatic carbocycles. The second-order valence-electron chi connectivity index (χ2n) is 7.63. The Hall–Kier alpha value is -1.10. The van der Waals surface area contributed by atoms with E-state index in [1.807, 2.05) is 6.07 Å². The van der Waals surface area contributed by atoms with Crippen molar-refractivity contribution in [2.75, 3.05) is 46.4 Å². The highest BCUT2D eigenvalue weighted by Crippen LogP contribution is 2.28. The van der Waals surface area contributed by atoms with Crippen molar-refractivity contribution >= 4 is 0 Å². The smallest absolute Gasteiger partial charge is 0.119 e. The predicted molar refractivity (Wildman–Crippen MR) is 99.6 cm³/mol. The molecule has 0 bridgehead atoms. The number of benzene rings is 1. The topological polar surface area (TPSA) is 27.7 Å². The Bertz CT molecular complexity index is 513. The van der Waals surface area contributed by atoms with Crippen LogP contribution in [0.1, 0.15) is 38.3 Å². The van der Waals surface area contributed by atoms with Gasteiger partial charge in [-0.1, -0.05) is 19.1 Å². The van der Waals surface area contributed by atoms with Crippen LogP contribution in [0.15, 0.2) is 24.3 Å². The highest BCUT2D eigenvalue weighted by molar-refractivity contribution is 5.31. The number of methoxy groups -OCH3 is 1. The van der Waals surface area contributed by atoms with Crippen molar-refractivity contribution in [3.05, 3.63) is 29.8 Å². The third-order valence-corrected chi connectivity index (χ3v) is 5.63. The first kappa shape index (κ1) is 17.7. The average molecular weight is 332 g/mol. The first-order valence-corrected chi connectivity index (χ1v) is 9.49. The highest BCUT2D eigenvalue weighted by atomic mass is 16.5. The Kier molecular flexibility index (Phi) is 6.14. The van der Waals surface area contributed by atoms with Gasteiger partial charge >= 0.3 is 0 Å². The molecule has 134 valence electrons. The van der Waals surface area contributed by atoms with Crippen molar-refractivity contribution in [3.63, 3.8) is 0 Å². The maximum Gasteiger partial charge on any atom is 0.119 e. The van der Waals surface area contributed by atoms with Crippen LogP contribution >= 0.6 is 0 Å². The number of likely N-dealkylation sites (tertiary alicyclic amines) is 1. The maximum absolute atomic E-state index is 5.47. The summed E-state index contributed by atoms with van der Waals surface area (Å²) in [6.45, 7) is 11.6. The van der Waals surface area contributed by atoms with Gasteiger partial charge in [-0.25, -0.2) is 0 Å². The van der Waals surface area contributed by atoms with E-state index in [1.165, 1.54) is 31.5 Å². The van der Waals surface area contributed by atoms with Crippen LogP contribution in [-0.4, -0.2) is 62.2 Å². The minimum Gasteiger partial charge on any atom is -0.497 e. The van der Waals surface area contributed by atoms with Crippen LogP contribution in [-0.2, 0) is 0 Å². The number of nitrogens with one attached hydrogen (secondary N) is 1. The summed E-state index contributed by atoms with van der Waals surface area (Å²) in [6.07, 6.45) is 2.67. The molecule has 0 spiro atoms. The Balaban J connectivity index is 1.77.